The van der Waals surface area contributed by atoms with E-state index in [-0.39, 0.29) is 26.1 Å². The van der Waals surface area contributed by atoms with Gasteiger partial charge < -0.3 is 20.0 Å². The molecule has 74 valence electrons. The largest absolute Gasteiger partial charge is 0.469 e. The molecule has 0 aromatic rings. The summed E-state index contributed by atoms with van der Waals surface area (Å²) in [5.74, 6) is 0. The normalized spacial score (nSPS) is 12.4. The van der Waals surface area contributed by atoms with Crippen LogP contribution >= 0.6 is 7.82 Å². The van der Waals surface area contributed by atoms with Gasteiger partial charge in [-0.3, -0.25) is 4.52 Å². The van der Waals surface area contributed by atoms with Crippen molar-refractivity contribution >= 4 is 7.82 Å². The van der Waals surface area contributed by atoms with Crippen LogP contribution in [0.2, 0.25) is 0 Å². The van der Waals surface area contributed by atoms with Crippen molar-refractivity contribution in [2.24, 2.45) is 0 Å². The zero-order chi connectivity index (χ0) is 9.61. The number of aliphatic hydroxyl groups excluding tert-OH is 2. The molecule has 0 saturated carbocycles. The maximum absolute atomic E-state index is 10.3. The highest BCUT2D eigenvalue weighted by Crippen LogP contribution is 2.38. The Labute approximate surface area is 70.0 Å². The quantitative estimate of drug-likeness (QED) is 0.419. The molecule has 6 nitrogen and oxygen atoms in total. The minimum Gasteiger partial charge on any atom is -0.396 e. The molecule has 0 spiro atoms. The molecular formula is C5H13O6P. The highest BCUT2D eigenvalue weighted by atomic mass is 31.2. The van der Waals surface area contributed by atoms with Crippen molar-refractivity contribution in [3.63, 3.8) is 0 Å². The van der Waals surface area contributed by atoms with Crippen LogP contribution in [0, 0.1) is 0 Å². The van der Waals surface area contributed by atoms with Crippen molar-refractivity contribution in [3.05, 3.63) is 0 Å². The van der Waals surface area contributed by atoms with Crippen molar-refractivity contribution in [3.8, 4) is 0 Å². The Morgan fingerprint density at radius 1 is 1.17 bits per heavy atom. The Morgan fingerprint density at radius 2 is 1.58 bits per heavy atom. The lowest BCUT2D eigenvalue weighted by Gasteiger charge is -2.15. The number of rotatable bonds is 6. The summed E-state index contributed by atoms with van der Waals surface area (Å²) in [7, 11) is -4.50. The Hall–Kier alpha value is 0.0300. The highest BCUT2D eigenvalue weighted by Gasteiger charge is 2.21. The third-order valence-electron chi connectivity index (χ3n) is 1.19. The van der Waals surface area contributed by atoms with Gasteiger partial charge in [-0.2, -0.15) is 0 Å². The predicted octanol–water partition coefficient (Wildman–Crippen LogP) is -0.771. The molecule has 0 rings (SSSR count). The monoisotopic (exact) mass is 200 g/mol. The number of phosphoric ester groups is 1. The van der Waals surface area contributed by atoms with E-state index in [4.69, 9.17) is 20.0 Å². The minimum atomic E-state index is -4.50. The second-order valence-corrected chi connectivity index (χ2v) is 3.43. The van der Waals surface area contributed by atoms with Crippen LogP contribution in [0.4, 0.5) is 0 Å². The van der Waals surface area contributed by atoms with Gasteiger partial charge in [0.25, 0.3) is 0 Å². The third kappa shape index (κ3) is 6.72. The minimum absolute atomic E-state index is 0.103. The predicted molar refractivity (Wildman–Crippen MR) is 40.3 cm³/mol. The molecule has 0 aromatic heterocycles. The molecule has 0 atom stereocenters. The molecule has 0 radical (unpaired) electrons. The summed E-state index contributed by atoms with van der Waals surface area (Å²) in [5, 5.41) is 16.9. The Bertz CT molecular complexity index is 148. The summed E-state index contributed by atoms with van der Waals surface area (Å²) in [4.78, 5) is 16.7. The zero-order valence-electron chi connectivity index (χ0n) is 6.46. The average molecular weight is 200 g/mol. The summed E-state index contributed by atoms with van der Waals surface area (Å²) >= 11 is 0. The smallest absolute Gasteiger partial charge is 0.396 e. The standard InChI is InChI=1S/C5H13O6P/c6-3-1-5(2-4-7)11-12(8,9)10/h5-7H,1-4H2,(H2,8,9,10). The topological polar surface area (TPSA) is 107 Å². The van der Waals surface area contributed by atoms with Gasteiger partial charge in [-0.1, -0.05) is 0 Å². The van der Waals surface area contributed by atoms with Crippen LogP contribution in [0.5, 0.6) is 0 Å². The molecule has 7 heteroatoms. The number of hydrogen-bond donors (Lipinski definition) is 4. The number of aliphatic hydroxyl groups is 2. The van der Waals surface area contributed by atoms with E-state index in [1.165, 1.54) is 0 Å². The van der Waals surface area contributed by atoms with E-state index in [0.29, 0.717) is 0 Å². The van der Waals surface area contributed by atoms with Crippen molar-refractivity contribution in [1.29, 1.82) is 0 Å². The lowest BCUT2D eigenvalue weighted by Crippen LogP contribution is -2.14. The van der Waals surface area contributed by atoms with Crippen LogP contribution in [0.15, 0.2) is 0 Å². The van der Waals surface area contributed by atoms with Gasteiger partial charge in [0.05, 0.1) is 6.10 Å². The van der Waals surface area contributed by atoms with Gasteiger partial charge in [0.1, 0.15) is 0 Å². The first-order valence-electron chi connectivity index (χ1n) is 3.45. The molecule has 0 saturated heterocycles. The Balaban J connectivity index is 3.86. The van der Waals surface area contributed by atoms with Crippen LogP contribution in [0.3, 0.4) is 0 Å². The summed E-state index contributed by atoms with van der Waals surface area (Å²) in [5.41, 5.74) is 0. The summed E-state index contributed by atoms with van der Waals surface area (Å²) in [6.07, 6.45) is -0.585. The first-order valence-corrected chi connectivity index (χ1v) is 4.98. The van der Waals surface area contributed by atoms with E-state index in [1.54, 1.807) is 0 Å². The lowest BCUT2D eigenvalue weighted by atomic mass is 10.2. The molecule has 0 aliphatic heterocycles. The van der Waals surface area contributed by atoms with Gasteiger partial charge >= 0.3 is 7.82 Å². The molecule has 0 heterocycles. The van der Waals surface area contributed by atoms with Crippen molar-refractivity contribution < 1.29 is 29.1 Å². The molecular weight excluding hydrogens is 187 g/mol. The van der Waals surface area contributed by atoms with E-state index < -0.39 is 13.9 Å². The molecule has 0 fully saturated rings. The first-order chi connectivity index (χ1) is 5.49. The van der Waals surface area contributed by atoms with Crippen molar-refractivity contribution in [2.75, 3.05) is 13.2 Å². The second-order valence-electron chi connectivity index (χ2n) is 2.24. The van der Waals surface area contributed by atoms with Gasteiger partial charge in [0.15, 0.2) is 0 Å². The Kier molecular flexibility index (Phi) is 5.65. The van der Waals surface area contributed by atoms with Crippen LogP contribution in [0.25, 0.3) is 0 Å². The van der Waals surface area contributed by atoms with Gasteiger partial charge in [0, 0.05) is 13.2 Å². The first kappa shape index (κ1) is 12.0. The molecule has 0 unspecified atom stereocenters. The van der Waals surface area contributed by atoms with Crippen LogP contribution in [-0.4, -0.2) is 39.3 Å². The van der Waals surface area contributed by atoms with E-state index >= 15 is 0 Å². The van der Waals surface area contributed by atoms with E-state index in [9.17, 15) is 4.57 Å². The van der Waals surface area contributed by atoms with Crippen LogP contribution in [0.1, 0.15) is 12.8 Å². The van der Waals surface area contributed by atoms with Gasteiger partial charge in [0.2, 0.25) is 0 Å². The fraction of sp³-hybridized carbons (Fsp3) is 1.00. The lowest BCUT2D eigenvalue weighted by molar-refractivity contribution is 0.0880. The van der Waals surface area contributed by atoms with E-state index in [0.717, 1.165) is 0 Å². The fourth-order valence-electron chi connectivity index (χ4n) is 0.732. The third-order valence-corrected chi connectivity index (χ3v) is 1.76. The second kappa shape index (κ2) is 5.64. The van der Waals surface area contributed by atoms with E-state index in [1.807, 2.05) is 0 Å². The van der Waals surface area contributed by atoms with Gasteiger partial charge in [-0.05, 0) is 12.8 Å². The molecule has 0 aromatic carbocycles. The van der Waals surface area contributed by atoms with Gasteiger partial charge in [-0.25, -0.2) is 4.57 Å². The van der Waals surface area contributed by atoms with Crippen molar-refractivity contribution in [2.45, 2.75) is 18.9 Å². The average Bonchev–Trinajstić information content (AvgIpc) is 1.84. The summed E-state index contributed by atoms with van der Waals surface area (Å²) in [6.45, 7) is -0.463. The highest BCUT2D eigenvalue weighted by molar-refractivity contribution is 7.46. The summed E-state index contributed by atoms with van der Waals surface area (Å²) in [6, 6.07) is 0. The van der Waals surface area contributed by atoms with Crippen LogP contribution < -0.4 is 0 Å². The molecule has 0 aliphatic carbocycles. The zero-order valence-corrected chi connectivity index (χ0v) is 7.35. The summed E-state index contributed by atoms with van der Waals surface area (Å²) < 4.78 is 14.6. The maximum Gasteiger partial charge on any atom is 0.469 e. The van der Waals surface area contributed by atoms with E-state index in [2.05, 4.69) is 4.52 Å². The van der Waals surface area contributed by atoms with Crippen LogP contribution in [-0.2, 0) is 9.09 Å². The maximum atomic E-state index is 10.3. The van der Waals surface area contributed by atoms with Crippen molar-refractivity contribution in [1.82, 2.24) is 0 Å². The Morgan fingerprint density at radius 3 is 1.83 bits per heavy atom. The molecule has 0 bridgehead atoms. The fourth-order valence-corrected chi connectivity index (χ4v) is 1.33. The molecule has 0 amide bonds. The molecule has 4 N–H and O–H groups in total. The number of phosphoric acid groups is 1. The SMILES string of the molecule is O=P(O)(O)OC(CCO)CCO. The molecule has 12 heavy (non-hydrogen) atoms. The molecule has 0 aliphatic rings. The van der Waals surface area contributed by atoms with Gasteiger partial charge in [-0.15, -0.1) is 0 Å². The number of hydrogen-bond acceptors (Lipinski definition) is 4.